The van der Waals surface area contributed by atoms with Gasteiger partial charge in [-0.1, -0.05) is 11.6 Å². The number of halogens is 4. The molecule has 0 aliphatic carbocycles. The lowest BCUT2D eigenvalue weighted by Crippen LogP contribution is -2.28. The second-order valence-corrected chi connectivity index (χ2v) is 8.46. The van der Waals surface area contributed by atoms with Crippen molar-refractivity contribution in [2.45, 2.75) is 25.7 Å². The van der Waals surface area contributed by atoms with E-state index in [4.69, 9.17) is 25.8 Å². The highest BCUT2D eigenvalue weighted by Crippen LogP contribution is 2.37. The summed E-state index contributed by atoms with van der Waals surface area (Å²) in [6.07, 6.45) is -1.34. The van der Waals surface area contributed by atoms with Crippen molar-refractivity contribution in [3.8, 4) is 34.4 Å². The second-order valence-electron chi connectivity index (χ2n) is 8.05. The molecule has 2 aromatic carbocycles. The van der Waals surface area contributed by atoms with Crippen LogP contribution < -0.4 is 19.9 Å². The van der Waals surface area contributed by atoms with Crippen molar-refractivity contribution in [1.29, 1.82) is 0 Å². The molecule has 0 unspecified atom stereocenters. The van der Waals surface area contributed by atoms with Gasteiger partial charge < -0.3 is 14.2 Å². The molecule has 0 saturated heterocycles. The number of rotatable bonds is 6. The molecule has 1 aliphatic rings. The number of aromatic nitrogens is 4. The number of alkyl halides is 3. The Hall–Kier alpha value is -4.12. The maximum Gasteiger partial charge on any atom is 0.417 e. The molecule has 3 heterocycles. The Bertz CT molecular complexity index is 1520. The number of nitrogens with zero attached hydrogens (tertiary/aromatic N) is 4. The van der Waals surface area contributed by atoms with Crippen molar-refractivity contribution >= 4 is 11.6 Å². The van der Waals surface area contributed by atoms with Crippen LogP contribution in [-0.4, -0.2) is 26.6 Å². The molecule has 0 spiro atoms. The average Bonchev–Trinajstić information content (AvgIpc) is 2.88. The van der Waals surface area contributed by atoms with Crippen molar-refractivity contribution in [3.05, 3.63) is 87.3 Å². The smallest absolute Gasteiger partial charge is 0.417 e. The molecular weight excluding hydrogens is 513 g/mol. The molecule has 0 saturated carbocycles. The number of aryl methyl sites for hydroxylation is 1. The van der Waals surface area contributed by atoms with E-state index in [1.165, 1.54) is 18.5 Å². The van der Waals surface area contributed by atoms with Crippen LogP contribution in [0, 0.1) is 0 Å². The summed E-state index contributed by atoms with van der Waals surface area (Å²) in [6.45, 7) is 0.398. The van der Waals surface area contributed by atoms with Gasteiger partial charge in [-0.3, -0.25) is 4.57 Å². The molecule has 0 N–H and O–H groups in total. The number of hydrogen-bond acceptors (Lipinski definition) is 7. The maximum absolute atomic E-state index is 13.1. The van der Waals surface area contributed by atoms with E-state index in [1.54, 1.807) is 17.7 Å². The van der Waals surface area contributed by atoms with Gasteiger partial charge in [-0.2, -0.15) is 18.2 Å². The van der Waals surface area contributed by atoms with Gasteiger partial charge in [0.1, 0.15) is 18.1 Å². The molecule has 0 bridgehead atoms. The average molecular weight is 531 g/mol. The van der Waals surface area contributed by atoms with Crippen LogP contribution in [0.3, 0.4) is 0 Å². The first-order valence-corrected chi connectivity index (χ1v) is 11.4. The second kappa shape index (κ2) is 9.74. The highest BCUT2D eigenvalue weighted by Gasteiger charge is 2.33. The zero-order chi connectivity index (χ0) is 26.2. The molecular formula is C25H18ClF3N4O4. The molecule has 0 atom stereocenters. The molecule has 5 rings (SSSR count). The van der Waals surface area contributed by atoms with Crippen molar-refractivity contribution in [2.24, 2.45) is 0 Å². The summed E-state index contributed by atoms with van der Waals surface area (Å²) in [5, 5.41) is -0.428. The summed E-state index contributed by atoms with van der Waals surface area (Å²) < 4.78 is 57.1. The standard InChI is InChI=1S/C25H18ClF3N4O4/c1-35-15-2-4-18-14(8-15)6-7-33-21(18)10-23(32-24(33)34)36-13-22-30-11-17(12-31-22)37-16-3-5-20(26)19(9-16)25(27,28)29/h2-5,8-12H,6-7,13H2,1H3. The van der Waals surface area contributed by atoms with Gasteiger partial charge in [-0.15, -0.1) is 0 Å². The Balaban J connectivity index is 1.29. The van der Waals surface area contributed by atoms with Gasteiger partial charge in [0.05, 0.1) is 35.8 Å². The molecule has 0 radical (unpaired) electrons. The van der Waals surface area contributed by atoms with Crippen molar-refractivity contribution in [2.75, 3.05) is 7.11 Å². The van der Waals surface area contributed by atoms with Gasteiger partial charge in [-0.05, 0) is 48.4 Å². The van der Waals surface area contributed by atoms with Crippen LogP contribution in [0.1, 0.15) is 17.0 Å². The number of hydrogen-bond donors (Lipinski definition) is 0. The first-order chi connectivity index (χ1) is 17.7. The third kappa shape index (κ3) is 5.21. The molecule has 1 aliphatic heterocycles. The van der Waals surface area contributed by atoms with Gasteiger partial charge in [-0.25, -0.2) is 14.8 Å². The van der Waals surface area contributed by atoms with Gasteiger partial charge in [0, 0.05) is 18.2 Å². The minimum Gasteiger partial charge on any atom is -0.497 e. The maximum atomic E-state index is 13.1. The summed E-state index contributed by atoms with van der Waals surface area (Å²) in [4.78, 5) is 24.8. The highest BCUT2D eigenvalue weighted by atomic mass is 35.5. The predicted octanol–water partition coefficient (Wildman–Crippen LogP) is 5.31. The van der Waals surface area contributed by atoms with Crippen LogP contribution in [0.2, 0.25) is 5.02 Å². The fourth-order valence-electron chi connectivity index (χ4n) is 3.91. The van der Waals surface area contributed by atoms with Crippen molar-refractivity contribution in [3.63, 3.8) is 0 Å². The van der Waals surface area contributed by atoms with E-state index in [0.29, 0.717) is 18.7 Å². The van der Waals surface area contributed by atoms with Crippen LogP contribution in [0.5, 0.6) is 23.1 Å². The van der Waals surface area contributed by atoms with E-state index in [2.05, 4.69) is 15.0 Å². The predicted molar refractivity (Wildman–Crippen MR) is 127 cm³/mol. The zero-order valence-corrected chi connectivity index (χ0v) is 20.0. The SMILES string of the molecule is COc1ccc2c(c1)CCn1c-2cc(OCc2ncc(Oc3ccc(Cl)c(C(F)(F)F)c3)cn2)nc1=O. The first kappa shape index (κ1) is 24.6. The van der Waals surface area contributed by atoms with Crippen molar-refractivity contribution in [1.82, 2.24) is 19.5 Å². The Morgan fingerprint density at radius 2 is 1.78 bits per heavy atom. The van der Waals surface area contributed by atoms with E-state index in [9.17, 15) is 18.0 Å². The molecule has 190 valence electrons. The van der Waals surface area contributed by atoms with E-state index < -0.39 is 22.5 Å². The summed E-state index contributed by atoms with van der Waals surface area (Å²) in [5.41, 5.74) is 1.19. The first-order valence-electron chi connectivity index (χ1n) is 11.0. The normalized spacial score (nSPS) is 12.5. The van der Waals surface area contributed by atoms with Crippen LogP contribution in [-0.2, 0) is 25.7 Å². The molecule has 37 heavy (non-hydrogen) atoms. The summed E-state index contributed by atoms with van der Waals surface area (Å²) in [6, 6.07) is 10.6. The molecule has 4 aromatic rings. The van der Waals surface area contributed by atoms with E-state index in [1.807, 2.05) is 18.2 Å². The van der Waals surface area contributed by atoms with Gasteiger partial charge in [0.15, 0.2) is 11.6 Å². The Kier molecular flexibility index (Phi) is 6.46. The number of methoxy groups -OCH3 is 1. The van der Waals surface area contributed by atoms with E-state index in [0.717, 1.165) is 29.0 Å². The van der Waals surface area contributed by atoms with Crippen molar-refractivity contribution < 1.29 is 27.4 Å². The number of fused-ring (bicyclic) bond motifs is 3. The van der Waals surface area contributed by atoms with Gasteiger partial charge >= 0.3 is 11.9 Å². The zero-order valence-electron chi connectivity index (χ0n) is 19.3. The fourth-order valence-corrected chi connectivity index (χ4v) is 4.14. The minimum atomic E-state index is -4.61. The molecule has 12 heteroatoms. The van der Waals surface area contributed by atoms with E-state index in [-0.39, 0.29) is 29.8 Å². The topological polar surface area (TPSA) is 88.4 Å². The lowest BCUT2D eigenvalue weighted by molar-refractivity contribution is -0.137. The molecule has 2 aromatic heterocycles. The van der Waals surface area contributed by atoms with E-state index >= 15 is 0 Å². The third-order valence-corrected chi connectivity index (χ3v) is 6.02. The summed E-state index contributed by atoms with van der Waals surface area (Å²) >= 11 is 5.63. The largest absolute Gasteiger partial charge is 0.497 e. The molecule has 0 amide bonds. The van der Waals surface area contributed by atoms with Crippen LogP contribution in [0.15, 0.2) is 59.7 Å². The highest BCUT2D eigenvalue weighted by molar-refractivity contribution is 6.31. The molecule has 8 nitrogen and oxygen atoms in total. The van der Waals surface area contributed by atoms with Crippen LogP contribution in [0.25, 0.3) is 11.3 Å². The monoisotopic (exact) mass is 530 g/mol. The van der Waals surface area contributed by atoms with Crippen LogP contribution >= 0.6 is 11.6 Å². The summed E-state index contributed by atoms with van der Waals surface area (Å²) in [7, 11) is 1.60. The Labute approximate surface area is 213 Å². The van der Waals surface area contributed by atoms with Crippen LogP contribution in [0.4, 0.5) is 13.2 Å². The summed E-state index contributed by atoms with van der Waals surface area (Å²) in [5.74, 6) is 1.16. The third-order valence-electron chi connectivity index (χ3n) is 5.69. The fraction of sp³-hybridized carbons (Fsp3) is 0.200. The Morgan fingerprint density at radius 1 is 1.03 bits per heavy atom. The Morgan fingerprint density at radius 3 is 2.51 bits per heavy atom. The lowest BCUT2D eigenvalue weighted by atomic mass is 9.97. The molecule has 0 fully saturated rings. The number of ether oxygens (including phenoxy) is 3. The van der Waals surface area contributed by atoms with Gasteiger partial charge in [0.2, 0.25) is 5.88 Å². The quantitative estimate of drug-likeness (QED) is 0.334. The van der Waals surface area contributed by atoms with Gasteiger partial charge in [0.25, 0.3) is 0 Å². The lowest BCUT2D eigenvalue weighted by Gasteiger charge is -2.22. The number of benzene rings is 2. The minimum absolute atomic E-state index is 0.0686.